The summed E-state index contributed by atoms with van der Waals surface area (Å²) in [5.41, 5.74) is 4.90. The molecule has 0 aliphatic carbocycles. The Morgan fingerprint density at radius 3 is 2.49 bits per heavy atom. The SMILES string of the molecule is CCOc1ccc(-n2c(SCC(=O)Nc3ccccc3C)nc3c(-c4ccccc4)c[nH]c3c2=O)cc1. The van der Waals surface area contributed by atoms with Crippen LogP contribution in [0.5, 0.6) is 5.75 Å². The number of hydrogen-bond donors (Lipinski definition) is 2. The van der Waals surface area contributed by atoms with Gasteiger partial charge in [-0.2, -0.15) is 0 Å². The number of anilines is 1. The predicted molar refractivity (Wildman–Crippen MR) is 149 cm³/mol. The number of para-hydroxylation sites is 1. The van der Waals surface area contributed by atoms with Gasteiger partial charge < -0.3 is 15.0 Å². The fourth-order valence-corrected chi connectivity index (χ4v) is 4.89. The maximum absolute atomic E-state index is 13.7. The molecule has 2 heterocycles. The van der Waals surface area contributed by atoms with E-state index in [-0.39, 0.29) is 17.2 Å². The summed E-state index contributed by atoms with van der Waals surface area (Å²) in [5, 5.41) is 3.38. The van der Waals surface area contributed by atoms with Crippen molar-refractivity contribution in [1.82, 2.24) is 14.5 Å². The van der Waals surface area contributed by atoms with Gasteiger partial charge in [0.15, 0.2) is 5.16 Å². The number of benzene rings is 3. The number of fused-ring (bicyclic) bond motifs is 1. The molecule has 0 bridgehead atoms. The van der Waals surface area contributed by atoms with Crippen LogP contribution in [0, 0.1) is 6.92 Å². The van der Waals surface area contributed by atoms with Gasteiger partial charge in [0.05, 0.1) is 18.0 Å². The van der Waals surface area contributed by atoms with Crippen LogP contribution in [0.15, 0.2) is 95.0 Å². The molecule has 1 amide bonds. The van der Waals surface area contributed by atoms with E-state index in [1.165, 1.54) is 16.3 Å². The molecule has 2 aromatic heterocycles. The number of nitrogens with zero attached hydrogens (tertiary/aromatic N) is 2. The van der Waals surface area contributed by atoms with Crippen molar-refractivity contribution in [3.05, 3.63) is 101 Å². The Hall–Kier alpha value is -4.30. The molecule has 0 fully saturated rings. The molecule has 0 saturated carbocycles. The van der Waals surface area contributed by atoms with Crippen LogP contribution >= 0.6 is 11.8 Å². The Labute approximate surface area is 218 Å². The number of nitrogens with one attached hydrogen (secondary N) is 2. The molecule has 0 aliphatic heterocycles. The molecular formula is C29H26N4O3S. The molecule has 0 unspecified atom stereocenters. The van der Waals surface area contributed by atoms with E-state index in [1.807, 2.05) is 92.7 Å². The first-order valence-corrected chi connectivity index (χ1v) is 12.9. The minimum Gasteiger partial charge on any atom is -0.494 e. The topological polar surface area (TPSA) is 89.0 Å². The van der Waals surface area contributed by atoms with E-state index < -0.39 is 0 Å². The van der Waals surface area contributed by atoms with Gasteiger partial charge in [0.25, 0.3) is 5.56 Å². The quantitative estimate of drug-likeness (QED) is 0.203. The fourth-order valence-electron chi connectivity index (χ4n) is 4.09. The Morgan fingerprint density at radius 2 is 1.76 bits per heavy atom. The summed E-state index contributed by atoms with van der Waals surface area (Å²) in [6, 6.07) is 24.7. The summed E-state index contributed by atoms with van der Waals surface area (Å²) < 4.78 is 7.09. The number of ether oxygens (including phenoxy) is 1. The van der Waals surface area contributed by atoms with Gasteiger partial charge in [-0.05, 0) is 55.3 Å². The van der Waals surface area contributed by atoms with Crippen LogP contribution in [0.1, 0.15) is 12.5 Å². The van der Waals surface area contributed by atoms with Crippen molar-refractivity contribution in [3.63, 3.8) is 0 Å². The molecule has 5 aromatic rings. The van der Waals surface area contributed by atoms with Gasteiger partial charge >= 0.3 is 0 Å². The lowest BCUT2D eigenvalue weighted by atomic mass is 10.1. The van der Waals surface area contributed by atoms with Gasteiger partial charge in [0.2, 0.25) is 5.91 Å². The highest BCUT2D eigenvalue weighted by atomic mass is 32.2. The predicted octanol–water partition coefficient (Wildman–Crippen LogP) is 5.82. The zero-order valence-electron chi connectivity index (χ0n) is 20.5. The van der Waals surface area contributed by atoms with Crippen molar-refractivity contribution in [2.75, 3.05) is 17.7 Å². The summed E-state index contributed by atoms with van der Waals surface area (Å²) in [6.45, 7) is 4.41. The van der Waals surface area contributed by atoms with Crippen molar-refractivity contribution in [1.29, 1.82) is 0 Å². The minimum atomic E-state index is -0.238. The number of aryl methyl sites for hydroxylation is 1. The maximum atomic E-state index is 13.7. The third-order valence-corrected chi connectivity index (χ3v) is 6.85. The largest absolute Gasteiger partial charge is 0.494 e. The average molecular weight is 511 g/mol. The number of hydrogen-bond acceptors (Lipinski definition) is 5. The van der Waals surface area contributed by atoms with E-state index in [4.69, 9.17) is 9.72 Å². The fraction of sp³-hybridized carbons (Fsp3) is 0.138. The smallest absolute Gasteiger partial charge is 0.283 e. The lowest BCUT2D eigenvalue weighted by molar-refractivity contribution is -0.113. The lowest BCUT2D eigenvalue weighted by Gasteiger charge is -2.14. The van der Waals surface area contributed by atoms with Crippen LogP contribution in [0.25, 0.3) is 27.8 Å². The highest BCUT2D eigenvalue weighted by Crippen LogP contribution is 2.29. The summed E-state index contributed by atoms with van der Waals surface area (Å²) >= 11 is 1.22. The lowest BCUT2D eigenvalue weighted by Crippen LogP contribution is -2.23. The Morgan fingerprint density at radius 1 is 1.03 bits per heavy atom. The Kier molecular flexibility index (Phi) is 7.09. The van der Waals surface area contributed by atoms with Gasteiger partial charge in [-0.15, -0.1) is 0 Å². The summed E-state index contributed by atoms with van der Waals surface area (Å²) in [5.74, 6) is 0.629. The van der Waals surface area contributed by atoms with Crippen molar-refractivity contribution >= 4 is 34.4 Å². The summed E-state index contributed by atoms with van der Waals surface area (Å²) in [4.78, 5) is 34.6. The van der Waals surface area contributed by atoms with Crippen LogP contribution in [0.4, 0.5) is 5.69 Å². The Balaban J connectivity index is 1.55. The standard InChI is InChI=1S/C29H26N4O3S/c1-3-36-22-15-13-21(14-16-22)33-28(35)27-26(23(17-30-27)20-10-5-4-6-11-20)32-29(33)37-18-25(34)31-24-12-8-7-9-19(24)2/h4-17,30H,3,18H2,1-2H3,(H,31,34). The van der Waals surface area contributed by atoms with Crippen molar-refractivity contribution in [3.8, 4) is 22.6 Å². The second-order valence-electron chi connectivity index (χ2n) is 8.41. The van der Waals surface area contributed by atoms with Crippen molar-refractivity contribution in [2.24, 2.45) is 0 Å². The van der Waals surface area contributed by atoms with Crippen LogP contribution in [-0.2, 0) is 4.79 Å². The minimum absolute atomic E-state index is 0.0917. The second kappa shape index (κ2) is 10.8. The Bertz CT molecular complexity index is 1610. The molecule has 3 aromatic carbocycles. The third-order valence-electron chi connectivity index (χ3n) is 5.91. The zero-order chi connectivity index (χ0) is 25.8. The molecule has 7 nitrogen and oxygen atoms in total. The number of H-pyrrole nitrogens is 1. The van der Waals surface area contributed by atoms with E-state index in [9.17, 15) is 9.59 Å². The first-order valence-electron chi connectivity index (χ1n) is 12.0. The molecule has 0 aliphatic rings. The van der Waals surface area contributed by atoms with Gasteiger partial charge in [-0.1, -0.05) is 60.3 Å². The highest BCUT2D eigenvalue weighted by Gasteiger charge is 2.19. The molecular weight excluding hydrogens is 484 g/mol. The number of amides is 1. The summed E-state index contributed by atoms with van der Waals surface area (Å²) in [6.07, 6.45) is 1.80. The van der Waals surface area contributed by atoms with Crippen LogP contribution < -0.4 is 15.6 Å². The summed E-state index contributed by atoms with van der Waals surface area (Å²) in [7, 11) is 0. The number of carbonyl (C=O) groups is 1. The number of carbonyl (C=O) groups excluding carboxylic acids is 1. The van der Waals surface area contributed by atoms with E-state index in [2.05, 4.69) is 10.3 Å². The van der Waals surface area contributed by atoms with Gasteiger partial charge in [0, 0.05) is 17.4 Å². The molecule has 0 saturated heterocycles. The van der Waals surface area contributed by atoms with Gasteiger partial charge in [-0.25, -0.2) is 4.98 Å². The van der Waals surface area contributed by atoms with Crippen molar-refractivity contribution in [2.45, 2.75) is 19.0 Å². The van der Waals surface area contributed by atoms with Crippen molar-refractivity contribution < 1.29 is 9.53 Å². The molecule has 8 heteroatoms. The molecule has 5 rings (SSSR count). The van der Waals surface area contributed by atoms with E-state index in [0.29, 0.717) is 34.2 Å². The van der Waals surface area contributed by atoms with E-state index >= 15 is 0 Å². The number of aromatic nitrogens is 3. The number of rotatable bonds is 8. The van der Waals surface area contributed by atoms with Gasteiger partial charge in [0.1, 0.15) is 16.8 Å². The van der Waals surface area contributed by atoms with Crippen LogP contribution in [0.3, 0.4) is 0 Å². The third kappa shape index (κ3) is 5.15. The van der Waals surface area contributed by atoms with E-state index in [1.54, 1.807) is 6.20 Å². The van der Waals surface area contributed by atoms with Crippen LogP contribution in [-0.4, -0.2) is 32.8 Å². The maximum Gasteiger partial charge on any atom is 0.283 e. The number of thioether (sulfide) groups is 1. The van der Waals surface area contributed by atoms with Crippen LogP contribution in [0.2, 0.25) is 0 Å². The zero-order valence-corrected chi connectivity index (χ0v) is 21.3. The number of aromatic amines is 1. The first-order chi connectivity index (χ1) is 18.0. The molecule has 0 atom stereocenters. The molecule has 186 valence electrons. The first kappa shape index (κ1) is 24.4. The molecule has 0 radical (unpaired) electrons. The second-order valence-corrected chi connectivity index (χ2v) is 9.35. The van der Waals surface area contributed by atoms with E-state index in [0.717, 1.165) is 22.4 Å². The molecule has 2 N–H and O–H groups in total. The molecule has 37 heavy (non-hydrogen) atoms. The normalized spacial score (nSPS) is 11.0. The molecule has 0 spiro atoms. The highest BCUT2D eigenvalue weighted by molar-refractivity contribution is 7.99. The average Bonchev–Trinajstić information content (AvgIpc) is 3.35. The monoisotopic (exact) mass is 510 g/mol. The van der Waals surface area contributed by atoms with Gasteiger partial charge in [-0.3, -0.25) is 14.2 Å².